The lowest BCUT2D eigenvalue weighted by atomic mass is 10.3. The van der Waals surface area contributed by atoms with Crippen LogP contribution in [0.4, 0.5) is 0 Å². The Morgan fingerprint density at radius 2 is 2.25 bits per heavy atom. The van der Waals surface area contributed by atoms with E-state index in [0.717, 1.165) is 19.6 Å². The summed E-state index contributed by atoms with van der Waals surface area (Å²) in [6.45, 7) is 7.00. The first-order chi connectivity index (χ1) is 7.78. The Bertz CT molecular complexity index is 445. The Hall–Kier alpha value is -1.13. The van der Waals surface area contributed by atoms with Gasteiger partial charge in [0.2, 0.25) is 0 Å². The van der Waals surface area contributed by atoms with Crippen LogP contribution in [-0.2, 0) is 19.6 Å². The molecule has 2 rings (SSSR count). The number of hydrogen-bond acceptors (Lipinski definition) is 3. The van der Waals surface area contributed by atoms with Crippen molar-refractivity contribution in [2.45, 2.75) is 33.5 Å². The predicted molar refractivity (Wildman–Crippen MR) is 67.5 cm³/mol. The van der Waals surface area contributed by atoms with Gasteiger partial charge in [0.25, 0.3) is 0 Å². The van der Waals surface area contributed by atoms with Gasteiger partial charge in [-0.25, -0.2) is 0 Å². The average molecular weight is 235 g/mol. The number of thiophene rings is 1. The number of aryl methyl sites for hydroxylation is 2. The number of nitrogens with zero attached hydrogens (tertiary/aromatic N) is 2. The SMILES string of the molecule is CCn1cc(CNCc2ccc(C)s2)cn1. The van der Waals surface area contributed by atoms with Crippen LogP contribution in [0.1, 0.15) is 22.2 Å². The van der Waals surface area contributed by atoms with Crippen molar-refractivity contribution in [2.75, 3.05) is 0 Å². The molecule has 0 radical (unpaired) electrons. The molecule has 4 heteroatoms. The maximum absolute atomic E-state index is 4.24. The van der Waals surface area contributed by atoms with Gasteiger partial charge in [-0.3, -0.25) is 4.68 Å². The highest BCUT2D eigenvalue weighted by Crippen LogP contribution is 2.14. The van der Waals surface area contributed by atoms with Gasteiger partial charge < -0.3 is 5.32 Å². The summed E-state index contributed by atoms with van der Waals surface area (Å²) in [4.78, 5) is 2.76. The van der Waals surface area contributed by atoms with Crippen LogP contribution in [0.3, 0.4) is 0 Å². The first kappa shape index (κ1) is 11.4. The molecule has 0 saturated carbocycles. The molecule has 0 unspecified atom stereocenters. The minimum atomic E-state index is 0.886. The quantitative estimate of drug-likeness (QED) is 0.863. The Labute approximate surface area is 100 Å². The van der Waals surface area contributed by atoms with Crippen LogP contribution in [0, 0.1) is 6.92 Å². The average Bonchev–Trinajstić information content (AvgIpc) is 2.88. The molecule has 0 atom stereocenters. The van der Waals surface area contributed by atoms with E-state index in [1.54, 1.807) is 0 Å². The molecule has 2 heterocycles. The number of hydrogen-bond donors (Lipinski definition) is 1. The summed E-state index contributed by atoms with van der Waals surface area (Å²) >= 11 is 1.85. The topological polar surface area (TPSA) is 29.9 Å². The summed E-state index contributed by atoms with van der Waals surface area (Å²) in [5.74, 6) is 0. The second-order valence-corrected chi connectivity index (χ2v) is 5.19. The summed E-state index contributed by atoms with van der Waals surface area (Å²) in [7, 11) is 0. The van der Waals surface area contributed by atoms with Crippen molar-refractivity contribution in [1.82, 2.24) is 15.1 Å². The van der Waals surface area contributed by atoms with E-state index in [9.17, 15) is 0 Å². The van der Waals surface area contributed by atoms with Crippen molar-refractivity contribution in [3.8, 4) is 0 Å². The third kappa shape index (κ3) is 2.93. The molecular weight excluding hydrogens is 218 g/mol. The fourth-order valence-corrected chi connectivity index (χ4v) is 2.44. The lowest BCUT2D eigenvalue weighted by molar-refractivity contribution is 0.656. The molecule has 3 nitrogen and oxygen atoms in total. The maximum atomic E-state index is 4.24. The fourth-order valence-electron chi connectivity index (χ4n) is 1.58. The van der Waals surface area contributed by atoms with E-state index in [1.807, 2.05) is 22.2 Å². The number of nitrogens with one attached hydrogen (secondary N) is 1. The lowest BCUT2D eigenvalue weighted by Crippen LogP contribution is -2.11. The van der Waals surface area contributed by atoms with Crippen LogP contribution < -0.4 is 5.32 Å². The molecule has 2 aromatic rings. The third-order valence-corrected chi connectivity index (χ3v) is 3.44. The summed E-state index contributed by atoms with van der Waals surface area (Å²) in [5, 5.41) is 7.67. The number of rotatable bonds is 5. The zero-order valence-electron chi connectivity index (χ0n) is 9.73. The molecule has 0 spiro atoms. The van der Waals surface area contributed by atoms with Gasteiger partial charge >= 0.3 is 0 Å². The van der Waals surface area contributed by atoms with Crippen molar-refractivity contribution in [3.63, 3.8) is 0 Å². The lowest BCUT2D eigenvalue weighted by Gasteiger charge is -1.99. The summed E-state index contributed by atoms with van der Waals surface area (Å²) in [6.07, 6.45) is 4.02. The van der Waals surface area contributed by atoms with Crippen LogP contribution in [0.2, 0.25) is 0 Å². The molecule has 1 N–H and O–H groups in total. The first-order valence-corrected chi connectivity index (χ1v) is 6.37. The normalized spacial score (nSPS) is 10.9. The van der Waals surface area contributed by atoms with E-state index in [-0.39, 0.29) is 0 Å². The van der Waals surface area contributed by atoms with Gasteiger partial charge in [-0.1, -0.05) is 0 Å². The predicted octanol–water partition coefficient (Wildman–Crippen LogP) is 2.56. The van der Waals surface area contributed by atoms with Crippen LogP contribution in [0.5, 0.6) is 0 Å². The van der Waals surface area contributed by atoms with Crippen LogP contribution in [-0.4, -0.2) is 9.78 Å². The summed E-state index contributed by atoms with van der Waals surface area (Å²) in [6, 6.07) is 4.35. The Balaban J connectivity index is 1.79. The van der Waals surface area contributed by atoms with Crippen molar-refractivity contribution in [2.24, 2.45) is 0 Å². The van der Waals surface area contributed by atoms with E-state index in [2.05, 4.69) is 42.6 Å². The highest BCUT2D eigenvalue weighted by atomic mass is 32.1. The molecule has 0 amide bonds. The van der Waals surface area contributed by atoms with Gasteiger partial charge in [0.15, 0.2) is 0 Å². The largest absolute Gasteiger partial charge is 0.308 e. The monoisotopic (exact) mass is 235 g/mol. The molecule has 0 fully saturated rings. The van der Waals surface area contributed by atoms with E-state index in [0.29, 0.717) is 0 Å². The van der Waals surface area contributed by atoms with E-state index >= 15 is 0 Å². The Morgan fingerprint density at radius 3 is 2.88 bits per heavy atom. The second kappa shape index (κ2) is 5.27. The number of aromatic nitrogens is 2. The fraction of sp³-hybridized carbons (Fsp3) is 0.417. The van der Waals surface area contributed by atoms with E-state index < -0.39 is 0 Å². The second-order valence-electron chi connectivity index (χ2n) is 3.82. The van der Waals surface area contributed by atoms with Crippen LogP contribution in [0.15, 0.2) is 24.5 Å². The molecule has 0 bridgehead atoms. The standard InChI is InChI=1S/C12H17N3S/c1-3-15-9-11(7-14-15)6-13-8-12-5-4-10(2)16-12/h4-5,7,9,13H,3,6,8H2,1-2H3. The Kier molecular flexibility index (Phi) is 3.74. The highest BCUT2D eigenvalue weighted by Gasteiger charge is 1.98. The zero-order valence-corrected chi connectivity index (χ0v) is 10.5. The third-order valence-electron chi connectivity index (χ3n) is 2.44. The molecule has 0 aromatic carbocycles. The van der Waals surface area contributed by atoms with Crippen molar-refractivity contribution in [1.29, 1.82) is 0 Å². The van der Waals surface area contributed by atoms with Crippen LogP contribution >= 0.6 is 11.3 Å². The van der Waals surface area contributed by atoms with Gasteiger partial charge in [0.1, 0.15) is 0 Å². The minimum absolute atomic E-state index is 0.886. The zero-order chi connectivity index (χ0) is 11.4. The maximum Gasteiger partial charge on any atom is 0.0534 e. The first-order valence-electron chi connectivity index (χ1n) is 5.55. The van der Waals surface area contributed by atoms with Gasteiger partial charge in [-0.05, 0) is 26.0 Å². The molecule has 0 aliphatic rings. The smallest absolute Gasteiger partial charge is 0.0534 e. The van der Waals surface area contributed by atoms with Gasteiger partial charge in [0, 0.05) is 41.1 Å². The molecule has 16 heavy (non-hydrogen) atoms. The summed E-state index contributed by atoms with van der Waals surface area (Å²) in [5.41, 5.74) is 1.25. The minimum Gasteiger partial charge on any atom is -0.308 e. The van der Waals surface area contributed by atoms with Crippen molar-refractivity contribution in [3.05, 3.63) is 39.8 Å². The molecule has 86 valence electrons. The molecule has 0 aliphatic heterocycles. The highest BCUT2D eigenvalue weighted by molar-refractivity contribution is 7.11. The molecule has 2 aromatic heterocycles. The van der Waals surface area contributed by atoms with E-state index in [1.165, 1.54) is 15.3 Å². The molecule has 0 aliphatic carbocycles. The molecule has 0 saturated heterocycles. The Morgan fingerprint density at radius 1 is 1.38 bits per heavy atom. The van der Waals surface area contributed by atoms with Gasteiger partial charge in [0.05, 0.1) is 6.20 Å². The molecular formula is C12H17N3S. The van der Waals surface area contributed by atoms with Crippen molar-refractivity contribution < 1.29 is 0 Å². The van der Waals surface area contributed by atoms with E-state index in [4.69, 9.17) is 0 Å². The van der Waals surface area contributed by atoms with Gasteiger partial charge in [-0.2, -0.15) is 5.10 Å². The summed E-state index contributed by atoms with van der Waals surface area (Å²) < 4.78 is 1.95. The van der Waals surface area contributed by atoms with Crippen LogP contribution in [0.25, 0.3) is 0 Å². The van der Waals surface area contributed by atoms with Crippen molar-refractivity contribution >= 4 is 11.3 Å². The van der Waals surface area contributed by atoms with Gasteiger partial charge in [-0.15, -0.1) is 11.3 Å².